The summed E-state index contributed by atoms with van der Waals surface area (Å²) in [5.41, 5.74) is 2.08. The van der Waals surface area contributed by atoms with Gasteiger partial charge in [0.25, 0.3) is 5.91 Å². The third-order valence-electron chi connectivity index (χ3n) is 2.88. The van der Waals surface area contributed by atoms with Crippen molar-refractivity contribution >= 4 is 37.8 Å². The molecule has 1 aliphatic rings. The van der Waals surface area contributed by atoms with E-state index >= 15 is 0 Å². The Hall–Kier alpha value is -0.610. The second-order valence-corrected chi connectivity index (χ2v) is 5.95. The number of hydrogen-bond acceptors (Lipinski definition) is 1. The minimum Gasteiger partial charge on any atom is -0.335 e. The molecule has 0 aromatic heterocycles. The molecule has 1 aromatic rings. The van der Waals surface area contributed by atoms with Crippen LogP contribution in [-0.2, 0) is 0 Å². The van der Waals surface area contributed by atoms with Crippen LogP contribution in [0.1, 0.15) is 23.7 Å². The van der Waals surface area contributed by atoms with Crippen LogP contribution in [-0.4, -0.2) is 23.9 Å². The van der Waals surface area contributed by atoms with E-state index in [1.807, 2.05) is 23.1 Å². The third-order valence-corrected chi connectivity index (χ3v) is 4.07. The highest BCUT2D eigenvalue weighted by atomic mass is 79.9. The summed E-state index contributed by atoms with van der Waals surface area (Å²) in [5.74, 6) is 0.0851. The van der Waals surface area contributed by atoms with Crippen LogP contribution in [0.15, 0.2) is 38.8 Å². The molecule has 0 atom stereocenters. The molecule has 0 bridgehead atoms. The van der Waals surface area contributed by atoms with Crippen molar-refractivity contribution in [1.29, 1.82) is 0 Å². The molecule has 0 saturated heterocycles. The molecule has 1 aliphatic heterocycles. The normalized spacial score (nSPS) is 15.7. The lowest BCUT2D eigenvalue weighted by atomic mass is 10.1. The Morgan fingerprint density at radius 1 is 1.35 bits per heavy atom. The summed E-state index contributed by atoms with van der Waals surface area (Å²) >= 11 is 6.82. The average molecular weight is 359 g/mol. The summed E-state index contributed by atoms with van der Waals surface area (Å²) in [6.45, 7) is 3.63. The van der Waals surface area contributed by atoms with Gasteiger partial charge in [0, 0.05) is 22.0 Å². The van der Waals surface area contributed by atoms with Crippen LogP contribution in [0.5, 0.6) is 0 Å². The maximum atomic E-state index is 12.3. The van der Waals surface area contributed by atoms with E-state index in [9.17, 15) is 4.79 Å². The summed E-state index contributed by atoms with van der Waals surface area (Å²) in [6.07, 6.45) is 3.09. The summed E-state index contributed by atoms with van der Waals surface area (Å²) in [7, 11) is 0. The molecule has 0 fully saturated rings. The van der Waals surface area contributed by atoms with E-state index in [0.29, 0.717) is 12.1 Å². The van der Waals surface area contributed by atoms with Crippen LogP contribution < -0.4 is 0 Å². The molecule has 2 nitrogen and oxygen atoms in total. The fourth-order valence-electron chi connectivity index (χ4n) is 1.79. The number of benzene rings is 1. The predicted molar refractivity (Wildman–Crippen MR) is 76.1 cm³/mol. The number of carbonyl (C=O) groups is 1. The lowest BCUT2D eigenvalue weighted by molar-refractivity contribution is 0.0768. The van der Waals surface area contributed by atoms with E-state index in [0.717, 1.165) is 21.9 Å². The maximum Gasteiger partial charge on any atom is 0.255 e. The van der Waals surface area contributed by atoms with E-state index in [1.54, 1.807) is 0 Å². The van der Waals surface area contributed by atoms with Gasteiger partial charge in [-0.25, -0.2) is 0 Å². The average Bonchev–Trinajstić information content (AvgIpc) is 2.32. The van der Waals surface area contributed by atoms with E-state index < -0.39 is 0 Å². The van der Waals surface area contributed by atoms with Gasteiger partial charge in [-0.3, -0.25) is 4.79 Å². The van der Waals surface area contributed by atoms with Crippen molar-refractivity contribution in [3.8, 4) is 0 Å². The molecule has 2 rings (SSSR count). The van der Waals surface area contributed by atoms with Gasteiger partial charge in [0.05, 0.1) is 5.56 Å². The van der Waals surface area contributed by atoms with Crippen molar-refractivity contribution in [3.63, 3.8) is 0 Å². The van der Waals surface area contributed by atoms with Crippen molar-refractivity contribution in [3.05, 3.63) is 44.4 Å². The highest BCUT2D eigenvalue weighted by molar-refractivity contribution is 9.11. The predicted octanol–water partition coefficient (Wildman–Crippen LogP) is 4.00. The smallest absolute Gasteiger partial charge is 0.255 e. The number of amides is 1. The molecular formula is C13H13Br2NO. The zero-order valence-corrected chi connectivity index (χ0v) is 12.7. The van der Waals surface area contributed by atoms with Gasteiger partial charge in [0.15, 0.2) is 0 Å². The molecule has 1 aromatic carbocycles. The minimum absolute atomic E-state index is 0.0851. The summed E-state index contributed by atoms with van der Waals surface area (Å²) < 4.78 is 1.77. The van der Waals surface area contributed by atoms with Crippen LogP contribution in [0.3, 0.4) is 0 Å². The quantitative estimate of drug-likeness (QED) is 0.694. The molecule has 0 saturated carbocycles. The Balaban J connectivity index is 2.23. The summed E-state index contributed by atoms with van der Waals surface area (Å²) in [5, 5.41) is 0. The molecule has 17 heavy (non-hydrogen) atoms. The monoisotopic (exact) mass is 357 g/mol. The molecule has 90 valence electrons. The SMILES string of the molecule is CC1=CCN(C(=O)c2cc(Br)ccc2Br)CC1. The van der Waals surface area contributed by atoms with E-state index in [1.165, 1.54) is 5.57 Å². The molecule has 0 aliphatic carbocycles. The first-order chi connectivity index (χ1) is 8.08. The highest BCUT2D eigenvalue weighted by Crippen LogP contribution is 2.24. The molecule has 0 unspecified atom stereocenters. The van der Waals surface area contributed by atoms with Gasteiger partial charge in [0.1, 0.15) is 0 Å². The Labute approximate surface area is 118 Å². The lowest BCUT2D eigenvalue weighted by Crippen LogP contribution is -2.34. The lowest BCUT2D eigenvalue weighted by Gasteiger charge is -2.26. The van der Waals surface area contributed by atoms with Crippen molar-refractivity contribution in [2.24, 2.45) is 0 Å². The molecule has 0 spiro atoms. The third kappa shape index (κ3) is 2.99. The number of rotatable bonds is 1. The number of carbonyl (C=O) groups excluding carboxylic acids is 1. The Morgan fingerprint density at radius 3 is 2.76 bits per heavy atom. The van der Waals surface area contributed by atoms with Crippen LogP contribution >= 0.6 is 31.9 Å². The van der Waals surface area contributed by atoms with Crippen molar-refractivity contribution in [1.82, 2.24) is 4.90 Å². The minimum atomic E-state index is 0.0851. The van der Waals surface area contributed by atoms with E-state index in [4.69, 9.17) is 0 Å². The second-order valence-electron chi connectivity index (χ2n) is 4.18. The van der Waals surface area contributed by atoms with Crippen LogP contribution in [0.2, 0.25) is 0 Å². The molecule has 0 N–H and O–H groups in total. The first-order valence-corrected chi connectivity index (χ1v) is 7.06. The van der Waals surface area contributed by atoms with Crippen molar-refractivity contribution in [2.45, 2.75) is 13.3 Å². The van der Waals surface area contributed by atoms with Gasteiger partial charge >= 0.3 is 0 Å². The van der Waals surface area contributed by atoms with Gasteiger partial charge in [-0.2, -0.15) is 0 Å². The first-order valence-electron chi connectivity index (χ1n) is 5.48. The van der Waals surface area contributed by atoms with Crippen LogP contribution in [0.4, 0.5) is 0 Å². The zero-order valence-electron chi connectivity index (χ0n) is 9.54. The molecule has 1 heterocycles. The van der Waals surface area contributed by atoms with Crippen molar-refractivity contribution in [2.75, 3.05) is 13.1 Å². The molecule has 0 radical (unpaired) electrons. The Morgan fingerprint density at radius 2 is 2.12 bits per heavy atom. The second kappa shape index (κ2) is 5.36. The van der Waals surface area contributed by atoms with Gasteiger partial charge in [0.2, 0.25) is 0 Å². The van der Waals surface area contributed by atoms with E-state index in [-0.39, 0.29) is 5.91 Å². The number of halogens is 2. The Bertz CT molecular complexity index is 482. The van der Waals surface area contributed by atoms with E-state index in [2.05, 4.69) is 44.9 Å². The zero-order chi connectivity index (χ0) is 12.4. The van der Waals surface area contributed by atoms with Gasteiger partial charge < -0.3 is 4.90 Å². The maximum absolute atomic E-state index is 12.3. The summed E-state index contributed by atoms with van der Waals surface area (Å²) in [6, 6.07) is 5.67. The number of nitrogens with zero attached hydrogens (tertiary/aromatic N) is 1. The van der Waals surface area contributed by atoms with Crippen LogP contribution in [0.25, 0.3) is 0 Å². The van der Waals surface area contributed by atoms with Crippen LogP contribution in [0, 0.1) is 0 Å². The molecular weight excluding hydrogens is 346 g/mol. The summed E-state index contributed by atoms with van der Waals surface area (Å²) in [4.78, 5) is 14.2. The first kappa shape index (κ1) is 12.8. The standard InChI is InChI=1S/C13H13Br2NO/c1-9-4-6-16(7-5-9)13(17)11-8-10(14)2-3-12(11)15/h2-4,8H,5-7H2,1H3. The number of hydrogen-bond donors (Lipinski definition) is 0. The van der Waals surface area contributed by atoms with Gasteiger partial charge in [-0.1, -0.05) is 27.6 Å². The van der Waals surface area contributed by atoms with Gasteiger partial charge in [-0.15, -0.1) is 0 Å². The topological polar surface area (TPSA) is 20.3 Å². The fourth-order valence-corrected chi connectivity index (χ4v) is 2.56. The molecule has 1 amide bonds. The van der Waals surface area contributed by atoms with Crippen molar-refractivity contribution < 1.29 is 4.79 Å². The largest absolute Gasteiger partial charge is 0.335 e. The highest BCUT2D eigenvalue weighted by Gasteiger charge is 2.19. The fraction of sp³-hybridized carbons (Fsp3) is 0.308. The Kier molecular flexibility index (Phi) is 4.05. The van der Waals surface area contributed by atoms with Gasteiger partial charge in [-0.05, 0) is 47.5 Å². The molecule has 4 heteroatoms.